The van der Waals surface area contributed by atoms with Gasteiger partial charge in [-0.25, -0.2) is 4.98 Å². The Morgan fingerprint density at radius 1 is 1.31 bits per heavy atom. The Labute approximate surface area is 170 Å². The third kappa shape index (κ3) is 4.19. The van der Waals surface area contributed by atoms with Crippen molar-refractivity contribution in [3.8, 4) is 5.75 Å². The number of ether oxygens (including phenoxy) is 2. The van der Waals surface area contributed by atoms with Gasteiger partial charge in [-0.2, -0.15) is 0 Å². The van der Waals surface area contributed by atoms with Crippen LogP contribution in [0, 0.1) is 5.92 Å². The predicted molar refractivity (Wildman–Crippen MR) is 113 cm³/mol. The molecule has 0 unspecified atom stereocenters. The molecule has 1 aromatic heterocycles. The fraction of sp³-hybridized carbons (Fsp3) is 0.364. The van der Waals surface area contributed by atoms with Crippen LogP contribution >= 0.6 is 0 Å². The van der Waals surface area contributed by atoms with Gasteiger partial charge in [-0.3, -0.25) is 4.79 Å². The summed E-state index contributed by atoms with van der Waals surface area (Å²) in [6, 6.07) is 13.7. The summed E-state index contributed by atoms with van der Waals surface area (Å²) in [6.07, 6.45) is 0.909. The monoisotopic (exact) mass is 394 g/mol. The molecular formula is C22H26N4O3. The molecule has 0 fully saturated rings. The van der Waals surface area contributed by atoms with Gasteiger partial charge >= 0.3 is 0 Å². The summed E-state index contributed by atoms with van der Waals surface area (Å²) in [5.41, 5.74) is 3.56. The van der Waals surface area contributed by atoms with Gasteiger partial charge in [0.05, 0.1) is 24.2 Å². The van der Waals surface area contributed by atoms with Crippen molar-refractivity contribution in [3.05, 3.63) is 53.6 Å². The first-order chi connectivity index (χ1) is 14.2. The predicted octanol–water partition coefficient (Wildman–Crippen LogP) is 2.61. The van der Waals surface area contributed by atoms with Crippen LogP contribution in [0.5, 0.6) is 5.75 Å². The number of hydrogen-bond acceptors (Lipinski definition) is 5. The summed E-state index contributed by atoms with van der Waals surface area (Å²) >= 11 is 0. The lowest BCUT2D eigenvalue weighted by molar-refractivity contribution is 0.0939. The zero-order valence-corrected chi connectivity index (χ0v) is 16.8. The van der Waals surface area contributed by atoms with Gasteiger partial charge in [0.1, 0.15) is 5.75 Å². The van der Waals surface area contributed by atoms with Gasteiger partial charge in [0.15, 0.2) is 0 Å². The first-order valence-electron chi connectivity index (χ1n) is 9.84. The minimum Gasteiger partial charge on any atom is -0.493 e. The Morgan fingerprint density at radius 3 is 3.03 bits per heavy atom. The minimum atomic E-state index is -0.0923. The fourth-order valence-electron chi connectivity index (χ4n) is 3.63. The fourth-order valence-corrected chi connectivity index (χ4v) is 3.63. The van der Waals surface area contributed by atoms with Crippen molar-refractivity contribution in [1.29, 1.82) is 0 Å². The van der Waals surface area contributed by atoms with Crippen LogP contribution in [-0.2, 0) is 18.2 Å². The SMILES string of the molecule is COCCNc1nc2cc(C(=O)NC[C@@H]3COc4ccccc4C3)ccc2n1C. The highest BCUT2D eigenvalue weighted by Gasteiger charge is 2.20. The number of fused-ring (bicyclic) bond motifs is 2. The molecule has 4 rings (SSSR count). The Kier molecular flexibility index (Phi) is 5.67. The van der Waals surface area contributed by atoms with Gasteiger partial charge in [-0.1, -0.05) is 18.2 Å². The highest BCUT2D eigenvalue weighted by molar-refractivity contribution is 5.97. The maximum atomic E-state index is 12.7. The first kappa shape index (κ1) is 19.3. The number of aromatic nitrogens is 2. The van der Waals surface area contributed by atoms with Gasteiger partial charge in [0, 0.05) is 38.7 Å². The van der Waals surface area contributed by atoms with E-state index in [1.165, 1.54) is 5.56 Å². The normalized spacial score (nSPS) is 15.6. The zero-order chi connectivity index (χ0) is 20.2. The van der Waals surface area contributed by atoms with E-state index in [0.717, 1.165) is 29.2 Å². The number of hydrogen-bond donors (Lipinski definition) is 2. The second-order valence-electron chi connectivity index (χ2n) is 7.32. The van der Waals surface area contributed by atoms with Crippen LogP contribution in [0.3, 0.4) is 0 Å². The van der Waals surface area contributed by atoms with Crippen LogP contribution < -0.4 is 15.4 Å². The Hall–Kier alpha value is -3.06. The summed E-state index contributed by atoms with van der Waals surface area (Å²) in [7, 11) is 3.62. The molecule has 1 amide bonds. The van der Waals surface area contributed by atoms with Crippen molar-refractivity contribution in [1.82, 2.24) is 14.9 Å². The number of aryl methyl sites for hydroxylation is 1. The van der Waals surface area contributed by atoms with Crippen LogP contribution in [-0.4, -0.2) is 48.9 Å². The lowest BCUT2D eigenvalue weighted by Crippen LogP contribution is -2.34. The number of para-hydroxylation sites is 1. The van der Waals surface area contributed by atoms with E-state index < -0.39 is 0 Å². The highest BCUT2D eigenvalue weighted by Crippen LogP contribution is 2.26. The lowest BCUT2D eigenvalue weighted by Gasteiger charge is -2.25. The third-order valence-corrected chi connectivity index (χ3v) is 5.24. The molecule has 7 nitrogen and oxygen atoms in total. The van der Waals surface area contributed by atoms with Crippen LogP contribution in [0.2, 0.25) is 0 Å². The number of nitrogens with zero attached hydrogens (tertiary/aromatic N) is 2. The molecule has 152 valence electrons. The maximum Gasteiger partial charge on any atom is 0.251 e. The molecule has 2 heterocycles. The molecule has 1 atom stereocenters. The molecule has 2 N–H and O–H groups in total. The summed E-state index contributed by atoms with van der Waals surface area (Å²) in [6.45, 7) is 2.48. The number of benzene rings is 2. The number of anilines is 1. The van der Waals surface area contributed by atoms with Gasteiger partial charge < -0.3 is 24.7 Å². The van der Waals surface area contributed by atoms with Crippen molar-refractivity contribution in [2.45, 2.75) is 6.42 Å². The number of carbonyl (C=O) groups excluding carboxylic acids is 1. The van der Waals surface area contributed by atoms with Crippen LogP contribution in [0.1, 0.15) is 15.9 Å². The van der Waals surface area contributed by atoms with Crippen LogP contribution in [0.25, 0.3) is 11.0 Å². The topological polar surface area (TPSA) is 77.4 Å². The van der Waals surface area contributed by atoms with Gasteiger partial charge in [-0.05, 0) is 36.2 Å². The van der Waals surface area contributed by atoms with E-state index in [1.54, 1.807) is 7.11 Å². The van der Waals surface area contributed by atoms with E-state index in [2.05, 4.69) is 21.7 Å². The maximum absolute atomic E-state index is 12.7. The van der Waals surface area contributed by atoms with Gasteiger partial charge in [-0.15, -0.1) is 0 Å². The standard InChI is InChI=1S/C22H26N4O3/c1-26-19-8-7-17(12-18(19)25-22(26)23-9-10-28-2)21(27)24-13-15-11-16-5-3-4-6-20(16)29-14-15/h3-8,12,15H,9-11,13-14H2,1-2H3,(H,23,25)(H,24,27)/t15-/m1/s1. The second-order valence-corrected chi connectivity index (χ2v) is 7.32. The van der Waals surface area contributed by atoms with Crippen LogP contribution in [0.4, 0.5) is 5.95 Å². The van der Waals surface area contributed by atoms with Crippen molar-refractivity contribution < 1.29 is 14.3 Å². The number of methoxy groups -OCH3 is 1. The summed E-state index contributed by atoms with van der Waals surface area (Å²) in [4.78, 5) is 17.3. The van der Waals surface area contributed by atoms with Crippen molar-refractivity contribution >= 4 is 22.9 Å². The number of imidazole rings is 1. The minimum absolute atomic E-state index is 0.0923. The molecule has 0 spiro atoms. The molecule has 0 radical (unpaired) electrons. The van der Waals surface area contributed by atoms with Crippen LogP contribution in [0.15, 0.2) is 42.5 Å². The summed E-state index contributed by atoms with van der Waals surface area (Å²) < 4.78 is 12.8. The van der Waals surface area contributed by atoms with E-state index in [0.29, 0.717) is 31.9 Å². The Bertz CT molecular complexity index is 1010. The number of amides is 1. The largest absolute Gasteiger partial charge is 0.493 e. The van der Waals surface area contributed by atoms with E-state index in [9.17, 15) is 4.79 Å². The van der Waals surface area contributed by atoms with Crippen molar-refractivity contribution in [2.75, 3.05) is 38.7 Å². The highest BCUT2D eigenvalue weighted by atomic mass is 16.5. The molecule has 0 saturated carbocycles. The Balaban J connectivity index is 1.39. The molecule has 1 aliphatic rings. The molecular weight excluding hydrogens is 368 g/mol. The molecule has 0 saturated heterocycles. The zero-order valence-electron chi connectivity index (χ0n) is 16.8. The molecule has 2 aromatic carbocycles. The number of rotatable bonds is 7. The molecule has 29 heavy (non-hydrogen) atoms. The molecule has 1 aliphatic heterocycles. The number of nitrogens with one attached hydrogen (secondary N) is 2. The average Bonchev–Trinajstić information content (AvgIpc) is 3.07. The molecule has 3 aromatic rings. The second kappa shape index (κ2) is 8.53. The van der Waals surface area contributed by atoms with E-state index >= 15 is 0 Å². The quantitative estimate of drug-likeness (QED) is 0.603. The Morgan fingerprint density at radius 2 is 2.17 bits per heavy atom. The van der Waals surface area contributed by atoms with E-state index in [4.69, 9.17) is 9.47 Å². The molecule has 0 aliphatic carbocycles. The average molecular weight is 394 g/mol. The van der Waals surface area contributed by atoms with Crippen molar-refractivity contribution in [2.24, 2.45) is 13.0 Å². The summed E-state index contributed by atoms with van der Waals surface area (Å²) in [5.74, 6) is 1.88. The summed E-state index contributed by atoms with van der Waals surface area (Å²) in [5, 5.41) is 6.28. The molecule has 7 heteroatoms. The smallest absolute Gasteiger partial charge is 0.251 e. The molecule has 0 bridgehead atoms. The first-order valence-corrected chi connectivity index (χ1v) is 9.84. The lowest BCUT2D eigenvalue weighted by atomic mass is 9.96. The van der Waals surface area contributed by atoms with Crippen molar-refractivity contribution in [3.63, 3.8) is 0 Å². The van der Waals surface area contributed by atoms with Gasteiger partial charge in [0.2, 0.25) is 5.95 Å². The number of carbonyl (C=O) groups is 1. The van der Waals surface area contributed by atoms with E-state index in [-0.39, 0.29) is 11.8 Å². The van der Waals surface area contributed by atoms with E-state index in [1.807, 2.05) is 48.0 Å². The van der Waals surface area contributed by atoms with Gasteiger partial charge in [0.25, 0.3) is 5.91 Å². The third-order valence-electron chi connectivity index (χ3n) is 5.24.